The largest absolute Gasteiger partial charge is 0.378 e. The predicted octanol–water partition coefficient (Wildman–Crippen LogP) is 1.71. The lowest BCUT2D eigenvalue weighted by molar-refractivity contribution is -0.149. The molecule has 6 nitrogen and oxygen atoms in total. The molecule has 0 saturated carbocycles. The molecule has 0 atom stereocenters. The minimum absolute atomic E-state index is 0.0789. The van der Waals surface area contributed by atoms with Gasteiger partial charge < -0.3 is 15.0 Å². The molecule has 1 aliphatic rings. The average Bonchev–Trinajstić information content (AvgIpc) is 2.55. The fraction of sp³-hybridized carbons (Fsp3) is 0.471. The molecule has 2 amide bonds. The van der Waals surface area contributed by atoms with Crippen molar-refractivity contribution in [3.05, 3.63) is 29.8 Å². The summed E-state index contributed by atoms with van der Waals surface area (Å²) in [6.07, 6.45) is 0. The van der Waals surface area contributed by atoms with Gasteiger partial charge in [-0.1, -0.05) is 12.1 Å². The van der Waals surface area contributed by atoms with Gasteiger partial charge in [0.15, 0.2) is 5.78 Å². The van der Waals surface area contributed by atoms with E-state index in [2.05, 4.69) is 5.32 Å². The SMILES string of the molecule is CC(=O)c1cccc(NC(=O)C(C)(C)C(=O)N2CCOCC2)c1. The number of benzene rings is 1. The second kappa shape index (κ2) is 6.91. The van der Waals surface area contributed by atoms with Crippen LogP contribution >= 0.6 is 0 Å². The van der Waals surface area contributed by atoms with E-state index in [1.165, 1.54) is 6.92 Å². The van der Waals surface area contributed by atoms with Crippen LogP contribution in [0.3, 0.4) is 0 Å². The Morgan fingerprint density at radius 3 is 2.43 bits per heavy atom. The van der Waals surface area contributed by atoms with E-state index in [1.807, 2.05) is 0 Å². The molecule has 1 aromatic carbocycles. The number of ketones is 1. The zero-order valence-electron chi connectivity index (χ0n) is 13.7. The van der Waals surface area contributed by atoms with Crippen LogP contribution in [0.2, 0.25) is 0 Å². The molecule has 0 spiro atoms. The minimum Gasteiger partial charge on any atom is -0.378 e. The second-order valence-electron chi connectivity index (χ2n) is 6.12. The number of nitrogens with one attached hydrogen (secondary N) is 1. The number of nitrogens with zero attached hydrogens (tertiary/aromatic N) is 1. The van der Waals surface area contributed by atoms with E-state index in [0.717, 1.165) is 0 Å². The summed E-state index contributed by atoms with van der Waals surface area (Å²) in [4.78, 5) is 38.2. The Labute approximate surface area is 135 Å². The molecule has 0 aromatic heterocycles. The summed E-state index contributed by atoms with van der Waals surface area (Å²) >= 11 is 0. The van der Waals surface area contributed by atoms with Crippen LogP contribution in [0.25, 0.3) is 0 Å². The Kier molecular flexibility index (Phi) is 5.15. The summed E-state index contributed by atoms with van der Waals surface area (Å²) < 4.78 is 5.23. The van der Waals surface area contributed by atoms with Gasteiger partial charge in [0, 0.05) is 24.3 Å². The normalized spacial score (nSPS) is 15.2. The zero-order chi connectivity index (χ0) is 17.0. The third-order valence-electron chi connectivity index (χ3n) is 3.93. The first kappa shape index (κ1) is 17.1. The summed E-state index contributed by atoms with van der Waals surface area (Å²) in [6, 6.07) is 6.68. The highest BCUT2D eigenvalue weighted by Gasteiger charge is 2.39. The standard InChI is InChI=1S/C17H22N2O4/c1-12(20)13-5-4-6-14(11-13)18-15(21)17(2,3)16(22)19-7-9-23-10-8-19/h4-6,11H,7-10H2,1-3H3,(H,18,21). The highest BCUT2D eigenvalue weighted by Crippen LogP contribution is 2.23. The van der Waals surface area contributed by atoms with Gasteiger partial charge in [-0.15, -0.1) is 0 Å². The summed E-state index contributed by atoms with van der Waals surface area (Å²) in [7, 11) is 0. The van der Waals surface area contributed by atoms with Crippen molar-refractivity contribution in [3.8, 4) is 0 Å². The Hall–Kier alpha value is -2.21. The van der Waals surface area contributed by atoms with E-state index in [1.54, 1.807) is 43.0 Å². The van der Waals surface area contributed by atoms with E-state index in [0.29, 0.717) is 37.6 Å². The van der Waals surface area contributed by atoms with Crippen LogP contribution in [-0.2, 0) is 14.3 Å². The van der Waals surface area contributed by atoms with Gasteiger partial charge >= 0.3 is 0 Å². The van der Waals surface area contributed by atoms with Crippen molar-refractivity contribution in [1.29, 1.82) is 0 Å². The van der Waals surface area contributed by atoms with E-state index < -0.39 is 11.3 Å². The molecule has 1 aromatic rings. The molecule has 1 aliphatic heterocycles. The minimum atomic E-state index is -1.19. The maximum atomic E-state index is 12.6. The number of anilines is 1. The Morgan fingerprint density at radius 1 is 1.17 bits per heavy atom. The molecular weight excluding hydrogens is 296 g/mol. The van der Waals surface area contributed by atoms with E-state index in [4.69, 9.17) is 4.74 Å². The fourth-order valence-corrected chi connectivity index (χ4v) is 2.36. The van der Waals surface area contributed by atoms with Crippen molar-refractivity contribution < 1.29 is 19.1 Å². The van der Waals surface area contributed by atoms with Gasteiger partial charge in [0.1, 0.15) is 5.41 Å². The topological polar surface area (TPSA) is 75.7 Å². The quantitative estimate of drug-likeness (QED) is 0.677. The number of carbonyl (C=O) groups is 3. The molecule has 6 heteroatoms. The number of carbonyl (C=O) groups excluding carboxylic acids is 3. The van der Waals surface area contributed by atoms with Gasteiger partial charge in [0.05, 0.1) is 13.2 Å². The smallest absolute Gasteiger partial charge is 0.239 e. The second-order valence-corrected chi connectivity index (χ2v) is 6.12. The summed E-state index contributed by atoms with van der Waals surface area (Å²) in [5, 5.41) is 2.73. The van der Waals surface area contributed by atoms with Gasteiger partial charge in [-0.3, -0.25) is 14.4 Å². The highest BCUT2D eigenvalue weighted by atomic mass is 16.5. The van der Waals surface area contributed by atoms with Crippen LogP contribution in [-0.4, -0.2) is 48.8 Å². The number of morpholine rings is 1. The lowest BCUT2D eigenvalue weighted by Crippen LogP contribution is -2.51. The van der Waals surface area contributed by atoms with Crippen molar-refractivity contribution in [3.63, 3.8) is 0 Å². The van der Waals surface area contributed by atoms with Crippen molar-refractivity contribution in [1.82, 2.24) is 4.90 Å². The molecule has 0 bridgehead atoms. The van der Waals surface area contributed by atoms with Crippen molar-refractivity contribution >= 4 is 23.3 Å². The molecule has 1 N–H and O–H groups in total. The zero-order valence-corrected chi connectivity index (χ0v) is 13.7. The van der Waals surface area contributed by atoms with Crippen molar-refractivity contribution in [2.75, 3.05) is 31.6 Å². The van der Waals surface area contributed by atoms with Crippen molar-refractivity contribution in [2.45, 2.75) is 20.8 Å². The van der Waals surface area contributed by atoms with Crippen molar-refractivity contribution in [2.24, 2.45) is 5.41 Å². The van der Waals surface area contributed by atoms with Gasteiger partial charge in [-0.25, -0.2) is 0 Å². The third kappa shape index (κ3) is 3.96. The molecule has 1 saturated heterocycles. The summed E-state index contributed by atoms with van der Waals surface area (Å²) in [6.45, 7) is 6.65. The molecule has 1 fully saturated rings. The number of Topliss-reactive ketones (excluding diaryl/α,β-unsaturated/α-hetero) is 1. The van der Waals surface area contributed by atoms with Crippen LogP contribution in [0.4, 0.5) is 5.69 Å². The van der Waals surface area contributed by atoms with E-state index in [9.17, 15) is 14.4 Å². The number of amides is 2. The van der Waals surface area contributed by atoms with E-state index in [-0.39, 0.29) is 11.7 Å². The Bertz CT molecular complexity index is 619. The first-order chi connectivity index (χ1) is 10.8. The molecule has 23 heavy (non-hydrogen) atoms. The van der Waals surface area contributed by atoms with E-state index >= 15 is 0 Å². The van der Waals surface area contributed by atoms with Gasteiger partial charge in [0.2, 0.25) is 11.8 Å². The van der Waals surface area contributed by atoms with Crippen LogP contribution < -0.4 is 5.32 Å². The maximum absolute atomic E-state index is 12.6. The highest BCUT2D eigenvalue weighted by molar-refractivity contribution is 6.10. The number of ether oxygens (including phenoxy) is 1. The Balaban J connectivity index is 2.10. The summed E-state index contributed by atoms with van der Waals surface area (Å²) in [5.74, 6) is -0.694. The van der Waals surface area contributed by atoms with Crippen LogP contribution in [0, 0.1) is 5.41 Å². The molecule has 2 rings (SSSR count). The lowest BCUT2D eigenvalue weighted by Gasteiger charge is -2.33. The average molecular weight is 318 g/mol. The molecule has 1 heterocycles. The molecule has 0 aliphatic carbocycles. The summed E-state index contributed by atoms with van der Waals surface area (Å²) in [5.41, 5.74) is -0.172. The van der Waals surface area contributed by atoms with Gasteiger partial charge in [-0.2, -0.15) is 0 Å². The Morgan fingerprint density at radius 2 is 1.83 bits per heavy atom. The first-order valence-electron chi connectivity index (χ1n) is 7.62. The third-order valence-corrected chi connectivity index (χ3v) is 3.93. The lowest BCUT2D eigenvalue weighted by atomic mass is 9.90. The fourth-order valence-electron chi connectivity index (χ4n) is 2.36. The molecular formula is C17H22N2O4. The molecule has 0 unspecified atom stereocenters. The number of hydrogen-bond donors (Lipinski definition) is 1. The molecule has 124 valence electrons. The van der Waals surface area contributed by atoms with Gasteiger partial charge in [-0.05, 0) is 32.9 Å². The first-order valence-corrected chi connectivity index (χ1v) is 7.62. The number of rotatable bonds is 4. The van der Waals surface area contributed by atoms with Crippen LogP contribution in [0.1, 0.15) is 31.1 Å². The van der Waals surface area contributed by atoms with Crippen LogP contribution in [0.15, 0.2) is 24.3 Å². The van der Waals surface area contributed by atoms with Gasteiger partial charge in [0.25, 0.3) is 0 Å². The van der Waals surface area contributed by atoms with Crippen LogP contribution in [0.5, 0.6) is 0 Å². The molecule has 0 radical (unpaired) electrons. The predicted molar refractivity (Wildman–Crippen MR) is 86.3 cm³/mol. The maximum Gasteiger partial charge on any atom is 0.239 e. The number of hydrogen-bond acceptors (Lipinski definition) is 4. The monoisotopic (exact) mass is 318 g/mol.